The highest BCUT2D eigenvalue weighted by atomic mass is 127. The molecule has 0 spiro atoms. The Morgan fingerprint density at radius 3 is 2.45 bits per heavy atom. The molecule has 1 heterocycles. The lowest BCUT2D eigenvalue weighted by Gasteiger charge is -2.28. The Hall–Kier alpha value is 0.650. The van der Waals surface area contributed by atoms with Crippen molar-refractivity contribution in [2.75, 3.05) is 32.8 Å². The van der Waals surface area contributed by atoms with Crippen LogP contribution in [-0.4, -0.2) is 41.2 Å². The Bertz CT molecular complexity index is 141. The number of rotatable bonds is 2. The van der Waals surface area contributed by atoms with Gasteiger partial charge in [0, 0.05) is 23.1 Å². The fourth-order valence-electron chi connectivity index (χ4n) is 1.45. The summed E-state index contributed by atoms with van der Waals surface area (Å²) in [5.41, 5.74) is 0. The van der Waals surface area contributed by atoms with Crippen LogP contribution in [0.5, 0.6) is 0 Å². The van der Waals surface area contributed by atoms with Crippen LogP contribution in [0.4, 0.5) is 0 Å². The van der Waals surface area contributed by atoms with Crippen LogP contribution in [0.15, 0.2) is 0 Å². The second-order valence-electron chi connectivity index (χ2n) is 3.54. The SMILES string of the molecule is IC1(CN2CCOCC2)CC1. The number of halogens is 1. The summed E-state index contributed by atoms with van der Waals surface area (Å²) in [6, 6.07) is 0. The molecule has 0 aromatic carbocycles. The molecular formula is C8H14INO. The third-order valence-corrected chi connectivity index (χ3v) is 3.82. The maximum atomic E-state index is 5.29. The highest BCUT2D eigenvalue weighted by Crippen LogP contribution is 2.45. The van der Waals surface area contributed by atoms with Crippen LogP contribution in [0.3, 0.4) is 0 Å². The molecule has 0 atom stereocenters. The molecule has 2 nitrogen and oxygen atoms in total. The van der Waals surface area contributed by atoms with E-state index >= 15 is 0 Å². The average molecular weight is 267 g/mol. The maximum Gasteiger partial charge on any atom is 0.0594 e. The van der Waals surface area contributed by atoms with Crippen molar-refractivity contribution in [3.8, 4) is 0 Å². The number of ether oxygens (including phenoxy) is 1. The van der Waals surface area contributed by atoms with E-state index in [0.29, 0.717) is 3.42 Å². The topological polar surface area (TPSA) is 12.5 Å². The summed E-state index contributed by atoms with van der Waals surface area (Å²) in [5, 5.41) is 0. The van der Waals surface area contributed by atoms with Gasteiger partial charge < -0.3 is 4.74 Å². The van der Waals surface area contributed by atoms with Gasteiger partial charge in [-0.05, 0) is 12.8 Å². The van der Waals surface area contributed by atoms with Crippen molar-refractivity contribution in [2.45, 2.75) is 16.3 Å². The molecule has 0 aromatic rings. The smallest absolute Gasteiger partial charge is 0.0594 e. The molecule has 0 N–H and O–H groups in total. The van der Waals surface area contributed by atoms with Gasteiger partial charge in [0.1, 0.15) is 0 Å². The molecule has 0 aromatic heterocycles. The molecular weight excluding hydrogens is 253 g/mol. The third-order valence-electron chi connectivity index (χ3n) is 2.40. The minimum atomic E-state index is 0.648. The molecule has 1 aliphatic carbocycles. The maximum absolute atomic E-state index is 5.29. The van der Waals surface area contributed by atoms with Crippen LogP contribution >= 0.6 is 22.6 Å². The van der Waals surface area contributed by atoms with E-state index < -0.39 is 0 Å². The second kappa shape index (κ2) is 3.18. The lowest BCUT2D eigenvalue weighted by molar-refractivity contribution is 0.0379. The molecule has 1 saturated heterocycles. The molecule has 2 fully saturated rings. The number of hydrogen-bond acceptors (Lipinski definition) is 2. The summed E-state index contributed by atoms with van der Waals surface area (Å²) < 4.78 is 5.94. The Morgan fingerprint density at radius 1 is 1.27 bits per heavy atom. The van der Waals surface area contributed by atoms with Crippen LogP contribution in [-0.2, 0) is 4.74 Å². The summed E-state index contributed by atoms with van der Waals surface area (Å²) in [6.45, 7) is 5.45. The van der Waals surface area contributed by atoms with Crippen LogP contribution < -0.4 is 0 Å². The van der Waals surface area contributed by atoms with Crippen molar-refractivity contribution < 1.29 is 4.74 Å². The van der Waals surface area contributed by atoms with Gasteiger partial charge in [-0.25, -0.2) is 0 Å². The Morgan fingerprint density at radius 2 is 1.91 bits per heavy atom. The number of hydrogen-bond donors (Lipinski definition) is 0. The zero-order chi connectivity index (χ0) is 7.73. The zero-order valence-corrected chi connectivity index (χ0v) is 8.84. The summed E-state index contributed by atoms with van der Waals surface area (Å²) in [7, 11) is 0. The first kappa shape index (κ1) is 8.26. The van der Waals surface area contributed by atoms with Crippen LogP contribution in [0, 0.1) is 0 Å². The molecule has 0 unspecified atom stereocenters. The van der Waals surface area contributed by atoms with E-state index in [2.05, 4.69) is 27.5 Å². The molecule has 2 rings (SSSR count). The van der Waals surface area contributed by atoms with E-state index in [1.807, 2.05) is 0 Å². The quantitative estimate of drug-likeness (QED) is 0.552. The van der Waals surface area contributed by atoms with Crippen molar-refractivity contribution in [3.05, 3.63) is 0 Å². The fraction of sp³-hybridized carbons (Fsp3) is 1.00. The standard InChI is InChI=1S/C8H14INO/c9-8(1-2-8)7-10-3-5-11-6-4-10/h1-7H2. The van der Waals surface area contributed by atoms with E-state index in [0.717, 1.165) is 26.3 Å². The van der Waals surface area contributed by atoms with Crippen molar-refractivity contribution in [1.82, 2.24) is 4.90 Å². The minimum Gasteiger partial charge on any atom is -0.379 e. The van der Waals surface area contributed by atoms with Crippen molar-refractivity contribution in [2.24, 2.45) is 0 Å². The van der Waals surface area contributed by atoms with Gasteiger partial charge in [0.15, 0.2) is 0 Å². The molecule has 1 saturated carbocycles. The van der Waals surface area contributed by atoms with Gasteiger partial charge >= 0.3 is 0 Å². The number of morpholine rings is 1. The van der Waals surface area contributed by atoms with Gasteiger partial charge in [0.25, 0.3) is 0 Å². The van der Waals surface area contributed by atoms with Gasteiger partial charge in [0.2, 0.25) is 0 Å². The van der Waals surface area contributed by atoms with E-state index in [-0.39, 0.29) is 0 Å². The lowest BCUT2D eigenvalue weighted by Crippen LogP contribution is -2.40. The predicted molar refractivity (Wildman–Crippen MR) is 53.2 cm³/mol. The highest BCUT2D eigenvalue weighted by molar-refractivity contribution is 14.1. The molecule has 3 heteroatoms. The van der Waals surface area contributed by atoms with E-state index in [1.165, 1.54) is 19.4 Å². The van der Waals surface area contributed by atoms with Crippen molar-refractivity contribution in [3.63, 3.8) is 0 Å². The number of alkyl halides is 1. The van der Waals surface area contributed by atoms with Gasteiger partial charge in [-0.2, -0.15) is 0 Å². The predicted octanol–water partition coefficient (Wildman–Crippen LogP) is 1.29. The molecule has 2 aliphatic rings. The molecule has 0 amide bonds. The monoisotopic (exact) mass is 267 g/mol. The Labute approximate surface area is 81.4 Å². The van der Waals surface area contributed by atoms with E-state index in [4.69, 9.17) is 4.74 Å². The largest absolute Gasteiger partial charge is 0.379 e. The molecule has 64 valence electrons. The Balaban J connectivity index is 1.76. The van der Waals surface area contributed by atoms with Crippen LogP contribution in [0.2, 0.25) is 0 Å². The van der Waals surface area contributed by atoms with Gasteiger partial charge in [-0.1, -0.05) is 22.6 Å². The summed E-state index contributed by atoms with van der Waals surface area (Å²) >= 11 is 2.61. The van der Waals surface area contributed by atoms with Gasteiger partial charge in [-0.3, -0.25) is 4.90 Å². The van der Waals surface area contributed by atoms with Crippen LogP contribution in [0.25, 0.3) is 0 Å². The first-order valence-corrected chi connectivity index (χ1v) is 5.35. The summed E-state index contributed by atoms with van der Waals surface area (Å²) in [5.74, 6) is 0. The first-order chi connectivity index (χ1) is 5.29. The van der Waals surface area contributed by atoms with E-state index in [1.54, 1.807) is 0 Å². The van der Waals surface area contributed by atoms with E-state index in [9.17, 15) is 0 Å². The molecule has 11 heavy (non-hydrogen) atoms. The highest BCUT2D eigenvalue weighted by Gasteiger charge is 2.41. The first-order valence-electron chi connectivity index (χ1n) is 4.28. The van der Waals surface area contributed by atoms with Crippen LogP contribution in [0.1, 0.15) is 12.8 Å². The molecule has 0 bridgehead atoms. The average Bonchev–Trinajstić information content (AvgIpc) is 2.70. The lowest BCUT2D eigenvalue weighted by atomic mass is 10.3. The Kier molecular flexibility index (Phi) is 2.39. The molecule has 1 aliphatic heterocycles. The molecule has 0 radical (unpaired) electrons. The van der Waals surface area contributed by atoms with Gasteiger partial charge in [0.05, 0.1) is 13.2 Å². The minimum absolute atomic E-state index is 0.648. The zero-order valence-electron chi connectivity index (χ0n) is 6.68. The second-order valence-corrected chi connectivity index (χ2v) is 5.83. The third kappa shape index (κ3) is 2.29. The fourth-order valence-corrected chi connectivity index (χ4v) is 2.21. The van der Waals surface area contributed by atoms with Gasteiger partial charge in [-0.15, -0.1) is 0 Å². The van der Waals surface area contributed by atoms with Crippen molar-refractivity contribution >= 4 is 22.6 Å². The van der Waals surface area contributed by atoms with Crippen molar-refractivity contribution in [1.29, 1.82) is 0 Å². The summed E-state index contributed by atoms with van der Waals surface area (Å²) in [6.07, 6.45) is 2.84. The number of nitrogens with zero attached hydrogens (tertiary/aromatic N) is 1. The summed E-state index contributed by atoms with van der Waals surface area (Å²) in [4.78, 5) is 2.53. The normalized spacial score (nSPS) is 30.3.